The average molecular weight is 249 g/mol. The lowest BCUT2D eigenvalue weighted by Gasteiger charge is -2.30. The third-order valence-corrected chi connectivity index (χ3v) is 4.88. The third-order valence-electron chi connectivity index (χ3n) is 4.88. The SMILES string of the molecule is CN1C2C=C(c3cccc4ccccc34)CC1CC2. The van der Waals surface area contributed by atoms with E-state index in [1.165, 1.54) is 35.6 Å². The smallest absolute Gasteiger partial charge is 0.0284 e. The zero-order valence-corrected chi connectivity index (χ0v) is 11.3. The van der Waals surface area contributed by atoms with E-state index >= 15 is 0 Å². The highest BCUT2D eigenvalue weighted by Gasteiger charge is 2.34. The number of benzene rings is 2. The lowest BCUT2D eigenvalue weighted by atomic mass is 9.91. The number of nitrogens with zero attached hydrogens (tertiary/aromatic N) is 1. The lowest BCUT2D eigenvalue weighted by molar-refractivity contribution is 0.264. The quantitative estimate of drug-likeness (QED) is 0.735. The van der Waals surface area contributed by atoms with Gasteiger partial charge in [-0.3, -0.25) is 4.90 Å². The second kappa shape index (κ2) is 4.21. The van der Waals surface area contributed by atoms with E-state index < -0.39 is 0 Å². The van der Waals surface area contributed by atoms with Crippen LogP contribution in [-0.4, -0.2) is 24.0 Å². The maximum Gasteiger partial charge on any atom is 0.0284 e. The Morgan fingerprint density at radius 1 is 1.00 bits per heavy atom. The molecule has 19 heavy (non-hydrogen) atoms. The highest BCUT2D eigenvalue weighted by atomic mass is 15.2. The largest absolute Gasteiger partial charge is 0.297 e. The Bertz CT molecular complexity index is 650. The molecule has 2 aliphatic rings. The van der Waals surface area contributed by atoms with Gasteiger partial charge in [0, 0.05) is 12.1 Å². The van der Waals surface area contributed by atoms with E-state index in [-0.39, 0.29) is 0 Å². The number of hydrogen-bond donors (Lipinski definition) is 0. The van der Waals surface area contributed by atoms with Crippen molar-refractivity contribution in [2.24, 2.45) is 0 Å². The van der Waals surface area contributed by atoms with Crippen molar-refractivity contribution in [1.29, 1.82) is 0 Å². The number of rotatable bonds is 1. The van der Waals surface area contributed by atoms with Crippen LogP contribution in [0.3, 0.4) is 0 Å². The van der Waals surface area contributed by atoms with Crippen molar-refractivity contribution < 1.29 is 0 Å². The van der Waals surface area contributed by atoms with E-state index in [0.717, 1.165) is 6.04 Å². The molecule has 0 spiro atoms. The summed E-state index contributed by atoms with van der Waals surface area (Å²) in [5.41, 5.74) is 3.01. The number of likely N-dealkylation sites (N-methyl/N-ethyl adjacent to an activating group) is 1. The summed E-state index contributed by atoms with van der Waals surface area (Å²) in [4.78, 5) is 2.55. The average Bonchev–Trinajstić information content (AvgIpc) is 2.67. The Balaban J connectivity index is 1.86. The minimum atomic E-state index is 0.660. The topological polar surface area (TPSA) is 3.24 Å². The van der Waals surface area contributed by atoms with Gasteiger partial charge in [0.15, 0.2) is 0 Å². The van der Waals surface area contributed by atoms with Gasteiger partial charge in [-0.1, -0.05) is 48.5 Å². The highest BCUT2D eigenvalue weighted by molar-refractivity contribution is 5.94. The molecule has 0 N–H and O–H groups in total. The molecule has 1 nitrogen and oxygen atoms in total. The van der Waals surface area contributed by atoms with Crippen LogP contribution in [0.2, 0.25) is 0 Å². The van der Waals surface area contributed by atoms with Gasteiger partial charge in [-0.2, -0.15) is 0 Å². The fourth-order valence-electron chi connectivity index (χ4n) is 3.75. The molecule has 0 saturated carbocycles. The van der Waals surface area contributed by atoms with Crippen LogP contribution in [0.25, 0.3) is 16.3 Å². The molecular weight excluding hydrogens is 230 g/mol. The van der Waals surface area contributed by atoms with Crippen molar-refractivity contribution in [1.82, 2.24) is 4.90 Å². The van der Waals surface area contributed by atoms with Gasteiger partial charge in [-0.15, -0.1) is 0 Å². The first-order valence-corrected chi connectivity index (χ1v) is 7.24. The Labute approximate surface area is 114 Å². The van der Waals surface area contributed by atoms with Crippen molar-refractivity contribution in [3.63, 3.8) is 0 Å². The molecule has 1 fully saturated rings. The van der Waals surface area contributed by atoms with Crippen LogP contribution in [0.1, 0.15) is 24.8 Å². The van der Waals surface area contributed by atoms with E-state index in [1.807, 2.05) is 0 Å². The molecule has 2 aliphatic heterocycles. The second-order valence-corrected chi connectivity index (χ2v) is 5.89. The Morgan fingerprint density at radius 3 is 2.74 bits per heavy atom. The van der Waals surface area contributed by atoms with Crippen molar-refractivity contribution in [3.05, 3.63) is 54.1 Å². The van der Waals surface area contributed by atoms with E-state index in [0.29, 0.717) is 6.04 Å². The van der Waals surface area contributed by atoms with Crippen LogP contribution in [0.15, 0.2) is 48.5 Å². The predicted octanol–water partition coefficient (Wildman–Crippen LogP) is 4.09. The van der Waals surface area contributed by atoms with Gasteiger partial charge in [0.2, 0.25) is 0 Å². The van der Waals surface area contributed by atoms with Crippen LogP contribution in [0, 0.1) is 0 Å². The fraction of sp³-hybridized carbons (Fsp3) is 0.333. The van der Waals surface area contributed by atoms with Crippen LogP contribution < -0.4 is 0 Å². The van der Waals surface area contributed by atoms with Gasteiger partial charge in [-0.05, 0) is 48.2 Å². The molecule has 0 radical (unpaired) electrons. The lowest BCUT2D eigenvalue weighted by Crippen LogP contribution is -2.34. The minimum absolute atomic E-state index is 0.660. The fourth-order valence-corrected chi connectivity index (χ4v) is 3.75. The Kier molecular flexibility index (Phi) is 2.49. The molecule has 1 saturated heterocycles. The van der Waals surface area contributed by atoms with Crippen LogP contribution in [0.5, 0.6) is 0 Å². The molecule has 0 aliphatic carbocycles. The first kappa shape index (κ1) is 11.2. The van der Waals surface area contributed by atoms with Crippen molar-refractivity contribution in [2.75, 3.05) is 7.05 Å². The van der Waals surface area contributed by atoms with Crippen LogP contribution in [0.4, 0.5) is 0 Å². The Morgan fingerprint density at radius 2 is 1.84 bits per heavy atom. The standard InChI is InChI=1S/C18H19N/c1-19-15-9-10-16(19)12-14(11-15)18-8-4-6-13-5-2-3-7-17(13)18/h2-8,11,15-16H,9-10,12H2,1H3. The molecule has 2 unspecified atom stereocenters. The van der Waals surface area contributed by atoms with E-state index in [4.69, 9.17) is 0 Å². The predicted molar refractivity (Wildman–Crippen MR) is 81.1 cm³/mol. The summed E-state index contributed by atoms with van der Waals surface area (Å²) < 4.78 is 0. The summed E-state index contributed by atoms with van der Waals surface area (Å²) in [5, 5.41) is 2.76. The molecule has 2 atom stereocenters. The molecular formula is C18H19N. The summed E-state index contributed by atoms with van der Waals surface area (Å²) in [6.07, 6.45) is 6.40. The third kappa shape index (κ3) is 1.73. The van der Waals surface area contributed by atoms with Crippen LogP contribution in [-0.2, 0) is 0 Å². The monoisotopic (exact) mass is 249 g/mol. The summed E-state index contributed by atoms with van der Waals surface area (Å²) in [5.74, 6) is 0. The zero-order valence-electron chi connectivity index (χ0n) is 11.3. The van der Waals surface area contributed by atoms with Gasteiger partial charge >= 0.3 is 0 Å². The van der Waals surface area contributed by atoms with Crippen molar-refractivity contribution >= 4 is 16.3 Å². The molecule has 2 aromatic rings. The molecule has 0 amide bonds. The highest BCUT2D eigenvalue weighted by Crippen LogP contribution is 2.39. The first-order valence-electron chi connectivity index (χ1n) is 7.24. The molecule has 2 heterocycles. The molecule has 2 bridgehead atoms. The van der Waals surface area contributed by atoms with Gasteiger partial charge in [0.25, 0.3) is 0 Å². The number of fused-ring (bicyclic) bond motifs is 3. The summed E-state index contributed by atoms with van der Waals surface area (Å²) in [7, 11) is 2.28. The van der Waals surface area contributed by atoms with E-state index in [1.54, 1.807) is 5.57 Å². The zero-order chi connectivity index (χ0) is 12.8. The molecule has 96 valence electrons. The van der Waals surface area contributed by atoms with E-state index in [2.05, 4.69) is 60.5 Å². The molecule has 1 heteroatoms. The first-order chi connectivity index (χ1) is 9.33. The maximum absolute atomic E-state index is 2.55. The molecule has 0 aromatic heterocycles. The Hall–Kier alpha value is -1.60. The van der Waals surface area contributed by atoms with Crippen molar-refractivity contribution in [2.45, 2.75) is 31.3 Å². The molecule has 4 rings (SSSR count). The summed E-state index contributed by atoms with van der Waals surface area (Å²) >= 11 is 0. The second-order valence-electron chi connectivity index (χ2n) is 5.89. The number of hydrogen-bond acceptors (Lipinski definition) is 1. The van der Waals surface area contributed by atoms with E-state index in [9.17, 15) is 0 Å². The molecule has 2 aromatic carbocycles. The van der Waals surface area contributed by atoms with Gasteiger partial charge in [-0.25, -0.2) is 0 Å². The maximum atomic E-state index is 2.55. The van der Waals surface area contributed by atoms with Gasteiger partial charge in [0.1, 0.15) is 0 Å². The van der Waals surface area contributed by atoms with Crippen molar-refractivity contribution in [3.8, 4) is 0 Å². The van der Waals surface area contributed by atoms with Gasteiger partial charge in [0.05, 0.1) is 0 Å². The van der Waals surface area contributed by atoms with Gasteiger partial charge < -0.3 is 0 Å². The summed E-state index contributed by atoms with van der Waals surface area (Å²) in [6, 6.07) is 16.8. The normalized spacial score (nSPS) is 26.7. The summed E-state index contributed by atoms with van der Waals surface area (Å²) in [6.45, 7) is 0. The van der Waals surface area contributed by atoms with Crippen LogP contribution >= 0.6 is 0 Å². The minimum Gasteiger partial charge on any atom is -0.297 e.